The second-order valence-corrected chi connectivity index (χ2v) is 5.55. The summed E-state index contributed by atoms with van der Waals surface area (Å²) in [6.45, 7) is 8.17. The van der Waals surface area contributed by atoms with Gasteiger partial charge in [-0.2, -0.15) is 0 Å². The Balaban J connectivity index is 2.10. The average Bonchev–Trinajstić information content (AvgIpc) is 2.86. The van der Waals surface area contributed by atoms with Crippen LogP contribution in [0.5, 0.6) is 0 Å². The Hall–Kier alpha value is -1.68. The third kappa shape index (κ3) is 3.67. The molecule has 0 amide bonds. The molecule has 1 heterocycles. The fourth-order valence-electron chi connectivity index (χ4n) is 2.23. The van der Waals surface area contributed by atoms with E-state index in [2.05, 4.69) is 35.6 Å². The Labute approximate surface area is 119 Å². The van der Waals surface area contributed by atoms with Gasteiger partial charge in [-0.1, -0.05) is 26.0 Å². The molecule has 0 saturated carbocycles. The molecule has 108 valence electrons. The van der Waals surface area contributed by atoms with Crippen molar-refractivity contribution in [3.05, 3.63) is 53.9 Å². The van der Waals surface area contributed by atoms with E-state index in [1.54, 1.807) is 12.1 Å². The second kappa shape index (κ2) is 6.66. The minimum Gasteiger partial charge on any atom is -0.326 e. The number of aromatic nitrogens is 2. The Morgan fingerprint density at radius 3 is 2.80 bits per heavy atom. The molecule has 1 aromatic heterocycles. The lowest BCUT2D eigenvalue weighted by molar-refractivity contribution is 0.524. The van der Waals surface area contributed by atoms with Crippen molar-refractivity contribution >= 4 is 0 Å². The average molecular weight is 275 g/mol. The van der Waals surface area contributed by atoms with Gasteiger partial charge >= 0.3 is 0 Å². The maximum atomic E-state index is 13.3. The standard InChI is InChI=1S/C16H22FN3/c1-12(2)8-18-9-16-10-19-11-20(16)13(3)14-5-4-6-15(17)7-14/h4-7,10-13,18H,8-9H2,1-3H3. The summed E-state index contributed by atoms with van der Waals surface area (Å²) in [5.41, 5.74) is 2.07. The smallest absolute Gasteiger partial charge is 0.123 e. The van der Waals surface area contributed by atoms with Crippen molar-refractivity contribution in [2.45, 2.75) is 33.4 Å². The van der Waals surface area contributed by atoms with E-state index in [1.807, 2.05) is 18.6 Å². The molecule has 4 heteroatoms. The molecule has 0 radical (unpaired) electrons. The van der Waals surface area contributed by atoms with Gasteiger partial charge in [-0.3, -0.25) is 0 Å². The van der Waals surface area contributed by atoms with Crippen molar-refractivity contribution in [1.29, 1.82) is 0 Å². The van der Waals surface area contributed by atoms with Crippen LogP contribution in [-0.2, 0) is 6.54 Å². The third-order valence-corrected chi connectivity index (χ3v) is 3.35. The van der Waals surface area contributed by atoms with Gasteiger partial charge in [0.25, 0.3) is 0 Å². The number of hydrogen-bond donors (Lipinski definition) is 1. The van der Waals surface area contributed by atoms with Gasteiger partial charge in [-0.05, 0) is 37.1 Å². The van der Waals surface area contributed by atoms with Crippen LogP contribution in [0, 0.1) is 11.7 Å². The SMILES string of the molecule is CC(C)CNCc1cncn1C(C)c1cccc(F)c1. The molecule has 2 aromatic rings. The molecule has 1 atom stereocenters. The summed E-state index contributed by atoms with van der Waals surface area (Å²) in [5.74, 6) is 0.418. The number of hydrogen-bond acceptors (Lipinski definition) is 2. The Morgan fingerprint density at radius 1 is 1.30 bits per heavy atom. The molecule has 3 nitrogen and oxygen atoms in total. The van der Waals surface area contributed by atoms with Gasteiger partial charge in [0.15, 0.2) is 0 Å². The second-order valence-electron chi connectivity index (χ2n) is 5.55. The highest BCUT2D eigenvalue weighted by atomic mass is 19.1. The van der Waals surface area contributed by atoms with Crippen LogP contribution in [0.25, 0.3) is 0 Å². The summed E-state index contributed by atoms with van der Waals surface area (Å²) in [4.78, 5) is 4.22. The number of halogens is 1. The maximum Gasteiger partial charge on any atom is 0.123 e. The van der Waals surface area contributed by atoms with E-state index in [4.69, 9.17) is 0 Å². The van der Waals surface area contributed by atoms with Crippen molar-refractivity contribution in [2.75, 3.05) is 6.54 Å². The van der Waals surface area contributed by atoms with Gasteiger partial charge in [0, 0.05) is 12.7 Å². The summed E-state index contributed by atoms with van der Waals surface area (Å²) >= 11 is 0. The molecule has 1 unspecified atom stereocenters. The van der Waals surface area contributed by atoms with Crippen molar-refractivity contribution in [1.82, 2.24) is 14.9 Å². The Bertz CT molecular complexity index is 548. The minimum atomic E-state index is -0.200. The van der Waals surface area contributed by atoms with Crippen LogP contribution in [0.15, 0.2) is 36.8 Å². The van der Waals surface area contributed by atoms with Crippen molar-refractivity contribution in [2.24, 2.45) is 5.92 Å². The number of imidazole rings is 1. The van der Waals surface area contributed by atoms with Crippen LogP contribution in [0.4, 0.5) is 4.39 Å². The minimum absolute atomic E-state index is 0.0732. The Morgan fingerprint density at radius 2 is 2.10 bits per heavy atom. The highest BCUT2D eigenvalue weighted by Gasteiger charge is 2.12. The summed E-state index contributed by atoms with van der Waals surface area (Å²) in [6.07, 6.45) is 3.67. The lowest BCUT2D eigenvalue weighted by atomic mass is 10.1. The number of rotatable bonds is 6. The fraction of sp³-hybridized carbons (Fsp3) is 0.438. The first-order chi connectivity index (χ1) is 9.58. The quantitative estimate of drug-likeness (QED) is 0.876. The first-order valence-corrected chi connectivity index (χ1v) is 7.05. The zero-order chi connectivity index (χ0) is 14.5. The predicted octanol–water partition coefficient (Wildman–Crippen LogP) is 3.38. The Kier molecular flexibility index (Phi) is 4.90. The predicted molar refractivity (Wildman–Crippen MR) is 79.0 cm³/mol. The highest BCUT2D eigenvalue weighted by Crippen LogP contribution is 2.20. The van der Waals surface area contributed by atoms with Gasteiger partial charge in [0.1, 0.15) is 5.82 Å². The maximum absolute atomic E-state index is 13.3. The monoisotopic (exact) mass is 275 g/mol. The number of nitrogens with one attached hydrogen (secondary N) is 1. The van der Waals surface area contributed by atoms with Crippen LogP contribution < -0.4 is 5.32 Å². The van der Waals surface area contributed by atoms with E-state index >= 15 is 0 Å². The third-order valence-electron chi connectivity index (χ3n) is 3.35. The molecule has 20 heavy (non-hydrogen) atoms. The van der Waals surface area contributed by atoms with Crippen LogP contribution >= 0.6 is 0 Å². The van der Waals surface area contributed by atoms with Crippen molar-refractivity contribution in [3.63, 3.8) is 0 Å². The molecule has 0 aliphatic carbocycles. The molecule has 1 N–H and O–H groups in total. The van der Waals surface area contributed by atoms with E-state index in [0.29, 0.717) is 5.92 Å². The first kappa shape index (κ1) is 14.7. The van der Waals surface area contributed by atoms with Gasteiger partial charge in [0.05, 0.1) is 18.1 Å². The molecule has 2 rings (SSSR count). The van der Waals surface area contributed by atoms with Crippen LogP contribution in [-0.4, -0.2) is 16.1 Å². The van der Waals surface area contributed by atoms with Gasteiger partial charge < -0.3 is 9.88 Å². The van der Waals surface area contributed by atoms with E-state index in [0.717, 1.165) is 24.3 Å². The molecule has 0 fully saturated rings. The molecular formula is C16H22FN3. The van der Waals surface area contributed by atoms with E-state index in [-0.39, 0.29) is 11.9 Å². The highest BCUT2D eigenvalue weighted by molar-refractivity contribution is 5.21. The summed E-state index contributed by atoms with van der Waals surface area (Å²) in [5, 5.41) is 3.41. The zero-order valence-electron chi connectivity index (χ0n) is 12.3. The molecule has 0 bridgehead atoms. The molecular weight excluding hydrogens is 253 g/mol. The molecule has 0 aliphatic heterocycles. The van der Waals surface area contributed by atoms with Gasteiger partial charge in [0.2, 0.25) is 0 Å². The first-order valence-electron chi connectivity index (χ1n) is 7.05. The van der Waals surface area contributed by atoms with Gasteiger partial charge in [-0.25, -0.2) is 9.37 Å². The lowest BCUT2D eigenvalue weighted by Gasteiger charge is -2.18. The summed E-state index contributed by atoms with van der Waals surface area (Å²) in [7, 11) is 0. The fourth-order valence-corrected chi connectivity index (χ4v) is 2.23. The largest absolute Gasteiger partial charge is 0.326 e. The van der Waals surface area contributed by atoms with Crippen LogP contribution in [0.1, 0.15) is 38.1 Å². The summed E-state index contributed by atoms with van der Waals surface area (Å²) < 4.78 is 15.4. The number of benzene rings is 1. The van der Waals surface area contributed by atoms with Crippen molar-refractivity contribution in [3.8, 4) is 0 Å². The van der Waals surface area contributed by atoms with E-state index < -0.39 is 0 Å². The van der Waals surface area contributed by atoms with Crippen LogP contribution in [0.2, 0.25) is 0 Å². The summed E-state index contributed by atoms with van der Waals surface area (Å²) in [6, 6.07) is 6.81. The molecule has 0 saturated heterocycles. The zero-order valence-corrected chi connectivity index (χ0v) is 12.3. The van der Waals surface area contributed by atoms with Gasteiger partial charge in [-0.15, -0.1) is 0 Å². The molecule has 1 aromatic carbocycles. The topological polar surface area (TPSA) is 29.9 Å². The normalized spacial score (nSPS) is 12.8. The molecule has 0 aliphatic rings. The van der Waals surface area contributed by atoms with E-state index in [1.165, 1.54) is 6.07 Å². The number of nitrogens with zero attached hydrogens (tertiary/aromatic N) is 2. The van der Waals surface area contributed by atoms with E-state index in [9.17, 15) is 4.39 Å². The lowest BCUT2D eigenvalue weighted by Crippen LogP contribution is -2.21. The van der Waals surface area contributed by atoms with Crippen molar-refractivity contribution < 1.29 is 4.39 Å². The van der Waals surface area contributed by atoms with Crippen LogP contribution in [0.3, 0.4) is 0 Å². The molecule has 0 spiro atoms.